The molecule has 0 unspecified atom stereocenters. The quantitative estimate of drug-likeness (QED) is 0.770. The molecule has 5 heteroatoms. The third kappa shape index (κ3) is 4.63. The summed E-state index contributed by atoms with van der Waals surface area (Å²) >= 11 is 0. The van der Waals surface area contributed by atoms with Gasteiger partial charge in [-0.3, -0.25) is 4.79 Å². The number of ether oxygens (including phenoxy) is 2. The summed E-state index contributed by atoms with van der Waals surface area (Å²) in [6.07, 6.45) is 1.33. The fourth-order valence-electron chi connectivity index (χ4n) is 2.06. The van der Waals surface area contributed by atoms with Crippen LogP contribution in [0.3, 0.4) is 0 Å². The molecule has 0 radical (unpaired) electrons. The van der Waals surface area contributed by atoms with Crippen molar-refractivity contribution in [1.82, 2.24) is 5.32 Å². The van der Waals surface area contributed by atoms with E-state index in [1.54, 1.807) is 13.2 Å². The van der Waals surface area contributed by atoms with E-state index in [2.05, 4.69) is 5.32 Å². The highest BCUT2D eigenvalue weighted by Gasteiger charge is 2.27. The first-order valence-electron chi connectivity index (χ1n) is 7.19. The topological polar surface area (TPSA) is 67.8 Å². The second-order valence-electron chi connectivity index (χ2n) is 5.14. The molecule has 0 saturated carbocycles. The maximum Gasteiger partial charge on any atom is 0.258 e. The van der Waals surface area contributed by atoms with Crippen LogP contribution >= 0.6 is 0 Å². The van der Waals surface area contributed by atoms with Gasteiger partial charge in [-0.25, -0.2) is 0 Å². The summed E-state index contributed by atoms with van der Waals surface area (Å²) in [7, 11) is 1.56. The highest BCUT2D eigenvalue weighted by atomic mass is 16.5. The van der Waals surface area contributed by atoms with Crippen LogP contribution in [0.15, 0.2) is 18.2 Å². The number of aliphatic hydroxyl groups excluding tert-OH is 1. The van der Waals surface area contributed by atoms with Gasteiger partial charge in [0.25, 0.3) is 5.91 Å². The molecule has 1 aromatic rings. The van der Waals surface area contributed by atoms with Crippen molar-refractivity contribution >= 4 is 5.91 Å². The van der Waals surface area contributed by atoms with E-state index < -0.39 is 5.54 Å². The first-order chi connectivity index (χ1) is 10.00. The Bertz CT molecular complexity index is 461. The van der Waals surface area contributed by atoms with Gasteiger partial charge in [0.2, 0.25) is 0 Å². The maximum atomic E-state index is 12.0. The van der Waals surface area contributed by atoms with Crippen LogP contribution in [-0.2, 0) is 4.79 Å². The summed E-state index contributed by atoms with van der Waals surface area (Å²) in [5.74, 6) is 0.874. The molecule has 0 atom stereocenters. The summed E-state index contributed by atoms with van der Waals surface area (Å²) in [5.41, 5.74) is 0.484. The normalized spacial score (nSPS) is 11.1. The van der Waals surface area contributed by atoms with Gasteiger partial charge in [0.15, 0.2) is 18.1 Å². The SMILES string of the molecule is CCC(CC)(CO)NC(=O)COc1ccc(C)cc1OC. The number of aliphatic hydroxyl groups is 1. The monoisotopic (exact) mass is 295 g/mol. The Morgan fingerprint density at radius 1 is 1.29 bits per heavy atom. The average Bonchev–Trinajstić information content (AvgIpc) is 2.51. The molecule has 0 saturated heterocycles. The zero-order valence-electron chi connectivity index (χ0n) is 13.2. The first-order valence-corrected chi connectivity index (χ1v) is 7.19. The van der Waals surface area contributed by atoms with Gasteiger partial charge in [0.1, 0.15) is 0 Å². The maximum absolute atomic E-state index is 12.0. The van der Waals surface area contributed by atoms with E-state index in [0.717, 1.165) is 5.56 Å². The molecule has 0 aliphatic heterocycles. The number of carbonyl (C=O) groups is 1. The lowest BCUT2D eigenvalue weighted by Gasteiger charge is -2.30. The zero-order chi connectivity index (χ0) is 15.9. The van der Waals surface area contributed by atoms with Crippen LogP contribution in [0, 0.1) is 6.92 Å². The minimum absolute atomic E-state index is 0.0837. The van der Waals surface area contributed by atoms with Gasteiger partial charge in [-0.2, -0.15) is 0 Å². The van der Waals surface area contributed by atoms with Crippen molar-refractivity contribution < 1.29 is 19.4 Å². The molecule has 0 heterocycles. The standard InChI is InChI=1S/C16H25NO4/c1-5-16(6-2,11-18)17-15(19)10-21-13-8-7-12(3)9-14(13)20-4/h7-9,18H,5-6,10-11H2,1-4H3,(H,17,19). The zero-order valence-corrected chi connectivity index (χ0v) is 13.2. The van der Waals surface area contributed by atoms with Crippen LogP contribution in [-0.4, -0.2) is 36.9 Å². The number of nitrogens with one attached hydrogen (secondary N) is 1. The lowest BCUT2D eigenvalue weighted by Crippen LogP contribution is -2.51. The van der Waals surface area contributed by atoms with Crippen LogP contribution < -0.4 is 14.8 Å². The van der Waals surface area contributed by atoms with Crippen LogP contribution in [0.2, 0.25) is 0 Å². The Kier molecular flexibility index (Phi) is 6.49. The molecule has 5 nitrogen and oxygen atoms in total. The van der Waals surface area contributed by atoms with Gasteiger partial charge in [-0.05, 0) is 37.5 Å². The smallest absolute Gasteiger partial charge is 0.258 e. The number of hydrogen-bond acceptors (Lipinski definition) is 4. The highest BCUT2D eigenvalue weighted by molar-refractivity contribution is 5.78. The van der Waals surface area contributed by atoms with Crippen molar-refractivity contribution in [2.24, 2.45) is 0 Å². The molecule has 1 aromatic carbocycles. The molecular formula is C16H25NO4. The fourth-order valence-corrected chi connectivity index (χ4v) is 2.06. The number of aryl methyl sites for hydroxylation is 1. The predicted molar refractivity (Wildman–Crippen MR) is 81.8 cm³/mol. The molecular weight excluding hydrogens is 270 g/mol. The number of rotatable bonds is 8. The van der Waals surface area contributed by atoms with Crippen molar-refractivity contribution in [3.05, 3.63) is 23.8 Å². The highest BCUT2D eigenvalue weighted by Crippen LogP contribution is 2.27. The summed E-state index contributed by atoms with van der Waals surface area (Å²) in [5, 5.41) is 12.3. The first kappa shape index (κ1) is 17.3. The van der Waals surface area contributed by atoms with E-state index in [-0.39, 0.29) is 19.1 Å². The van der Waals surface area contributed by atoms with E-state index in [4.69, 9.17) is 9.47 Å². The molecule has 0 bridgehead atoms. The molecule has 1 rings (SSSR count). The number of amides is 1. The number of methoxy groups -OCH3 is 1. The van der Waals surface area contributed by atoms with Gasteiger partial charge in [0.05, 0.1) is 19.3 Å². The third-order valence-corrected chi connectivity index (χ3v) is 3.74. The molecule has 0 aliphatic carbocycles. The van der Waals surface area contributed by atoms with Crippen LogP contribution in [0.5, 0.6) is 11.5 Å². The Labute approximate surface area is 126 Å². The van der Waals surface area contributed by atoms with Gasteiger partial charge in [-0.1, -0.05) is 19.9 Å². The van der Waals surface area contributed by atoms with E-state index in [9.17, 15) is 9.90 Å². The minimum atomic E-state index is -0.572. The third-order valence-electron chi connectivity index (χ3n) is 3.74. The lowest BCUT2D eigenvalue weighted by atomic mass is 9.94. The van der Waals surface area contributed by atoms with Crippen molar-refractivity contribution in [2.45, 2.75) is 39.2 Å². The van der Waals surface area contributed by atoms with Gasteiger partial charge in [0, 0.05) is 0 Å². The Morgan fingerprint density at radius 3 is 2.48 bits per heavy atom. The Morgan fingerprint density at radius 2 is 1.95 bits per heavy atom. The largest absolute Gasteiger partial charge is 0.493 e. The van der Waals surface area contributed by atoms with Crippen LogP contribution in [0.1, 0.15) is 32.3 Å². The van der Waals surface area contributed by atoms with E-state index in [1.807, 2.05) is 32.9 Å². The van der Waals surface area contributed by atoms with Crippen molar-refractivity contribution in [1.29, 1.82) is 0 Å². The average molecular weight is 295 g/mol. The van der Waals surface area contributed by atoms with Gasteiger partial charge < -0.3 is 19.9 Å². The predicted octanol–water partition coefficient (Wildman–Crippen LogP) is 2.05. The summed E-state index contributed by atoms with van der Waals surface area (Å²) < 4.78 is 10.7. The summed E-state index contributed by atoms with van der Waals surface area (Å²) in [4.78, 5) is 12.0. The molecule has 0 spiro atoms. The molecule has 2 N–H and O–H groups in total. The fraction of sp³-hybridized carbons (Fsp3) is 0.562. The molecule has 0 aromatic heterocycles. The Hall–Kier alpha value is -1.75. The van der Waals surface area contributed by atoms with Crippen LogP contribution in [0.4, 0.5) is 0 Å². The summed E-state index contributed by atoms with van der Waals surface area (Å²) in [6, 6.07) is 5.52. The Balaban J connectivity index is 2.65. The van der Waals surface area contributed by atoms with Crippen molar-refractivity contribution in [3.63, 3.8) is 0 Å². The molecule has 118 valence electrons. The lowest BCUT2D eigenvalue weighted by molar-refractivity contribution is -0.125. The molecule has 21 heavy (non-hydrogen) atoms. The van der Waals surface area contributed by atoms with Crippen molar-refractivity contribution in [3.8, 4) is 11.5 Å². The second kappa shape index (κ2) is 7.88. The number of hydrogen-bond donors (Lipinski definition) is 2. The van der Waals surface area contributed by atoms with E-state index in [1.165, 1.54) is 0 Å². The molecule has 1 amide bonds. The number of carbonyl (C=O) groups excluding carboxylic acids is 1. The summed E-state index contributed by atoms with van der Waals surface area (Å²) in [6.45, 7) is 5.63. The van der Waals surface area contributed by atoms with E-state index >= 15 is 0 Å². The van der Waals surface area contributed by atoms with Crippen molar-refractivity contribution in [2.75, 3.05) is 20.3 Å². The number of benzene rings is 1. The van der Waals surface area contributed by atoms with Gasteiger partial charge >= 0.3 is 0 Å². The molecule has 0 aliphatic rings. The second-order valence-corrected chi connectivity index (χ2v) is 5.14. The van der Waals surface area contributed by atoms with Crippen LogP contribution in [0.25, 0.3) is 0 Å². The minimum Gasteiger partial charge on any atom is -0.493 e. The molecule has 0 fully saturated rings. The van der Waals surface area contributed by atoms with E-state index in [0.29, 0.717) is 24.3 Å². The van der Waals surface area contributed by atoms with Gasteiger partial charge in [-0.15, -0.1) is 0 Å².